The molecule has 0 atom stereocenters. The molecule has 0 aromatic heterocycles. The molecule has 1 N–H and O–H groups in total. The quantitative estimate of drug-likeness (QED) is 0.916. The molecule has 3 amide bonds. The molecular weight excluding hydrogens is 325 g/mol. The van der Waals surface area contributed by atoms with Gasteiger partial charge in [0.1, 0.15) is 0 Å². The summed E-state index contributed by atoms with van der Waals surface area (Å²) in [6.07, 6.45) is 0.247. The van der Waals surface area contributed by atoms with Crippen LogP contribution in [0.5, 0.6) is 0 Å². The molecular formula is C15H19Cl2N3O2. The molecule has 1 aromatic rings. The van der Waals surface area contributed by atoms with E-state index in [1.165, 1.54) is 0 Å². The molecule has 1 heterocycles. The summed E-state index contributed by atoms with van der Waals surface area (Å²) in [5, 5.41) is 3.82. The minimum absolute atomic E-state index is 0.0137. The van der Waals surface area contributed by atoms with Crippen LogP contribution in [0.1, 0.15) is 12.5 Å². The van der Waals surface area contributed by atoms with Crippen molar-refractivity contribution in [2.45, 2.75) is 13.3 Å². The van der Waals surface area contributed by atoms with Gasteiger partial charge in [0.15, 0.2) is 0 Å². The first-order valence-electron chi connectivity index (χ1n) is 7.25. The lowest BCUT2D eigenvalue weighted by atomic mass is 10.1. The number of nitrogens with one attached hydrogen (secondary N) is 1. The van der Waals surface area contributed by atoms with Crippen LogP contribution < -0.4 is 5.32 Å². The summed E-state index contributed by atoms with van der Waals surface area (Å²) in [6.45, 7) is 4.67. The molecule has 1 fully saturated rings. The Labute approximate surface area is 140 Å². The number of halogens is 2. The molecule has 5 nitrogen and oxygen atoms in total. The van der Waals surface area contributed by atoms with Crippen molar-refractivity contribution >= 4 is 35.1 Å². The summed E-state index contributed by atoms with van der Waals surface area (Å²) >= 11 is 11.9. The van der Waals surface area contributed by atoms with Crippen LogP contribution in [0.4, 0.5) is 4.79 Å². The van der Waals surface area contributed by atoms with E-state index in [-0.39, 0.29) is 18.4 Å². The van der Waals surface area contributed by atoms with Gasteiger partial charge in [0, 0.05) is 42.8 Å². The van der Waals surface area contributed by atoms with Crippen molar-refractivity contribution in [3.05, 3.63) is 33.8 Å². The van der Waals surface area contributed by atoms with Gasteiger partial charge >= 0.3 is 6.03 Å². The van der Waals surface area contributed by atoms with Gasteiger partial charge < -0.3 is 15.1 Å². The van der Waals surface area contributed by atoms with Gasteiger partial charge in [-0.15, -0.1) is 0 Å². The van der Waals surface area contributed by atoms with Crippen molar-refractivity contribution in [1.82, 2.24) is 15.1 Å². The predicted molar refractivity (Wildman–Crippen MR) is 87.4 cm³/mol. The van der Waals surface area contributed by atoms with E-state index >= 15 is 0 Å². The number of benzene rings is 1. The van der Waals surface area contributed by atoms with Gasteiger partial charge in [-0.2, -0.15) is 0 Å². The highest BCUT2D eigenvalue weighted by molar-refractivity contribution is 6.35. The van der Waals surface area contributed by atoms with E-state index < -0.39 is 0 Å². The Morgan fingerprint density at radius 1 is 1.14 bits per heavy atom. The van der Waals surface area contributed by atoms with Crippen LogP contribution in [0.3, 0.4) is 0 Å². The highest BCUT2D eigenvalue weighted by atomic mass is 35.5. The van der Waals surface area contributed by atoms with E-state index in [9.17, 15) is 9.59 Å². The molecule has 1 aliphatic heterocycles. The second-order valence-corrected chi connectivity index (χ2v) is 5.96. The number of urea groups is 1. The van der Waals surface area contributed by atoms with Gasteiger partial charge in [0.05, 0.1) is 6.42 Å². The van der Waals surface area contributed by atoms with Gasteiger partial charge in [0.25, 0.3) is 0 Å². The van der Waals surface area contributed by atoms with Crippen LogP contribution in [-0.2, 0) is 11.2 Å². The summed E-state index contributed by atoms with van der Waals surface area (Å²) in [5.41, 5.74) is 0.766. The van der Waals surface area contributed by atoms with Crippen LogP contribution >= 0.6 is 23.2 Å². The van der Waals surface area contributed by atoms with Crippen LogP contribution in [0.2, 0.25) is 10.0 Å². The minimum Gasteiger partial charge on any atom is -0.339 e. The molecule has 1 aromatic carbocycles. The Bertz CT molecular complexity index is 558. The third-order valence-electron chi connectivity index (χ3n) is 3.60. The normalized spacial score (nSPS) is 14.9. The number of carbonyl (C=O) groups is 2. The summed E-state index contributed by atoms with van der Waals surface area (Å²) in [5.74, 6) is 0.0137. The number of rotatable bonds is 3. The average Bonchev–Trinajstić information content (AvgIpc) is 2.50. The molecule has 0 saturated carbocycles. The van der Waals surface area contributed by atoms with Crippen LogP contribution in [-0.4, -0.2) is 54.5 Å². The van der Waals surface area contributed by atoms with E-state index in [0.29, 0.717) is 42.8 Å². The fraction of sp³-hybridized carbons (Fsp3) is 0.467. The molecule has 0 aliphatic carbocycles. The van der Waals surface area contributed by atoms with E-state index in [0.717, 1.165) is 5.56 Å². The molecule has 1 aliphatic rings. The summed E-state index contributed by atoms with van der Waals surface area (Å²) in [7, 11) is 0. The first-order chi connectivity index (χ1) is 10.5. The lowest BCUT2D eigenvalue weighted by Gasteiger charge is -2.34. The fourth-order valence-electron chi connectivity index (χ4n) is 2.36. The SMILES string of the molecule is CCNC(=O)N1CCN(C(=O)Cc2ccc(Cl)cc2Cl)CC1. The Kier molecular flexibility index (Phi) is 5.91. The summed E-state index contributed by atoms with van der Waals surface area (Å²) in [6, 6.07) is 5.06. The summed E-state index contributed by atoms with van der Waals surface area (Å²) < 4.78 is 0. The monoisotopic (exact) mass is 343 g/mol. The predicted octanol–water partition coefficient (Wildman–Crippen LogP) is 2.41. The smallest absolute Gasteiger partial charge is 0.317 e. The van der Waals surface area contributed by atoms with E-state index in [2.05, 4.69) is 5.32 Å². The van der Waals surface area contributed by atoms with Gasteiger partial charge in [0.2, 0.25) is 5.91 Å². The van der Waals surface area contributed by atoms with Crippen LogP contribution in [0.15, 0.2) is 18.2 Å². The maximum Gasteiger partial charge on any atom is 0.317 e. The van der Waals surface area contributed by atoms with Crippen molar-refractivity contribution < 1.29 is 9.59 Å². The largest absolute Gasteiger partial charge is 0.339 e. The number of piperazine rings is 1. The third-order valence-corrected chi connectivity index (χ3v) is 4.19. The molecule has 2 rings (SSSR count). The zero-order valence-electron chi connectivity index (χ0n) is 12.4. The summed E-state index contributed by atoms with van der Waals surface area (Å²) in [4.78, 5) is 27.5. The number of carbonyl (C=O) groups excluding carboxylic acids is 2. The molecule has 1 saturated heterocycles. The Morgan fingerprint density at radius 3 is 2.36 bits per heavy atom. The van der Waals surface area contributed by atoms with Crippen molar-refractivity contribution in [2.24, 2.45) is 0 Å². The van der Waals surface area contributed by atoms with E-state index in [1.807, 2.05) is 6.92 Å². The maximum absolute atomic E-state index is 12.3. The van der Waals surface area contributed by atoms with Gasteiger partial charge in [-0.25, -0.2) is 4.79 Å². The molecule has 0 unspecified atom stereocenters. The number of amides is 3. The first-order valence-corrected chi connectivity index (χ1v) is 8.01. The van der Waals surface area contributed by atoms with Gasteiger partial charge in [-0.1, -0.05) is 29.3 Å². The zero-order valence-corrected chi connectivity index (χ0v) is 14.0. The molecule has 7 heteroatoms. The van der Waals surface area contributed by atoms with E-state index in [4.69, 9.17) is 23.2 Å². The Balaban J connectivity index is 1.88. The van der Waals surface area contributed by atoms with Crippen molar-refractivity contribution in [3.63, 3.8) is 0 Å². The lowest BCUT2D eigenvalue weighted by molar-refractivity contribution is -0.131. The Morgan fingerprint density at radius 2 is 1.77 bits per heavy atom. The van der Waals surface area contributed by atoms with E-state index in [1.54, 1.807) is 28.0 Å². The standard InChI is InChI=1S/C15H19Cl2N3O2/c1-2-18-15(22)20-7-5-19(6-8-20)14(21)9-11-3-4-12(16)10-13(11)17/h3-4,10H,2,5-9H2,1H3,(H,18,22). The lowest BCUT2D eigenvalue weighted by Crippen LogP contribution is -2.53. The van der Waals surface area contributed by atoms with Crippen molar-refractivity contribution in [1.29, 1.82) is 0 Å². The Hall–Kier alpha value is -1.46. The topological polar surface area (TPSA) is 52.7 Å². The minimum atomic E-state index is -0.0738. The van der Waals surface area contributed by atoms with Crippen molar-refractivity contribution in [2.75, 3.05) is 32.7 Å². The van der Waals surface area contributed by atoms with Gasteiger partial charge in [-0.05, 0) is 24.6 Å². The zero-order chi connectivity index (χ0) is 16.1. The fourth-order valence-corrected chi connectivity index (χ4v) is 2.84. The molecule has 22 heavy (non-hydrogen) atoms. The molecule has 0 spiro atoms. The number of hydrogen-bond acceptors (Lipinski definition) is 2. The van der Waals surface area contributed by atoms with Gasteiger partial charge in [-0.3, -0.25) is 4.79 Å². The number of nitrogens with zero attached hydrogens (tertiary/aromatic N) is 2. The van der Waals surface area contributed by atoms with Crippen LogP contribution in [0.25, 0.3) is 0 Å². The van der Waals surface area contributed by atoms with Crippen LogP contribution in [0, 0.1) is 0 Å². The first kappa shape index (κ1) is 16.9. The highest BCUT2D eigenvalue weighted by Crippen LogP contribution is 2.22. The third kappa shape index (κ3) is 4.27. The molecule has 0 bridgehead atoms. The second-order valence-electron chi connectivity index (χ2n) is 5.12. The van der Waals surface area contributed by atoms with Crippen molar-refractivity contribution in [3.8, 4) is 0 Å². The molecule has 0 radical (unpaired) electrons. The second kappa shape index (κ2) is 7.70. The highest BCUT2D eigenvalue weighted by Gasteiger charge is 2.24. The number of hydrogen-bond donors (Lipinski definition) is 1. The average molecular weight is 344 g/mol. The maximum atomic E-state index is 12.3. The molecule has 120 valence electrons.